The average Bonchev–Trinajstić information content (AvgIpc) is 3.57. The first-order valence-corrected chi connectivity index (χ1v) is 25.4. The summed E-state index contributed by atoms with van der Waals surface area (Å²) in [7, 11) is -7.96. The van der Waals surface area contributed by atoms with E-state index in [1.807, 2.05) is 86.6 Å². The number of nitrogens with two attached hydrogens (primary N) is 1. The van der Waals surface area contributed by atoms with E-state index >= 15 is 0 Å². The quantitative estimate of drug-likeness (QED) is 0.0270. The molecular formula is C45H39CuN17O8S3. The Hall–Kier alpha value is -7.70. The number of aromatic nitrogens is 13. The van der Waals surface area contributed by atoms with Gasteiger partial charge in [-0.05, 0) is 64.0 Å². The number of anilines is 4. The van der Waals surface area contributed by atoms with E-state index in [4.69, 9.17) is 50.9 Å². The van der Waals surface area contributed by atoms with Gasteiger partial charge in [0.15, 0.2) is 0 Å². The molecule has 74 heavy (non-hydrogen) atoms. The number of rotatable bonds is 9. The molecule has 0 spiro atoms. The largest absolute Gasteiger partial charge is 2.00 e. The van der Waals surface area contributed by atoms with Gasteiger partial charge in [-0.1, -0.05) is 74.8 Å². The van der Waals surface area contributed by atoms with Gasteiger partial charge in [-0.25, -0.2) is 23.6 Å². The van der Waals surface area contributed by atoms with Crippen LogP contribution in [0.4, 0.5) is 23.5 Å². The van der Waals surface area contributed by atoms with Crippen molar-refractivity contribution >= 4 is 99.9 Å². The maximum absolute atomic E-state index is 11.4. The molecule has 0 aliphatic carbocycles. The predicted octanol–water partition coefficient (Wildman–Crippen LogP) is 6.14. The third kappa shape index (κ3) is 10.8. The summed E-state index contributed by atoms with van der Waals surface area (Å²) in [6.07, 6.45) is 3.91. The molecule has 0 saturated carbocycles. The molecule has 6 N–H and O–H groups in total. The van der Waals surface area contributed by atoms with Crippen LogP contribution in [-0.2, 0) is 46.6 Å². The van der Waals surface area contributed by atoms with E-state index < -0.39 is 31.2 Å². The second kappa shape index (κ2) is 21.4. The minimum absolute atomic E-state index is 0. The van der Waals surface area contributed by atoms with E-state index in [2.05, 4.69) is 44.3 Å². The SMILES string of the molecule is C.CC.CS(=O)(=O)NC1CN1c1nc(N)nc(Nc2cc(S(=O)(=O)O)ccc2SOOO)n1.[Cu+2].c1cnc2c(c1)-c1nc-2nc2[n-]c(nc3nc(nc4[n-]c(n1)c1ccccc41)-c1ncccc1-3)c1ccccc21. The van der Waals surface area contributed by atoms with Crippen LogP contribution in [0.25, 0.3) is 89.9 Å². The van der Waals surface area contributed by atoms with Gasteiger partial charge in [-0.2, -0.15) is 28.1 Å². The van der Waals surface area contributed by atoms with Crippen molar-refractivity contribution in [3.63, 3.8) is 0 Å². The molecule has 3 aromatic carbocycles. The fraction of sp³-hybridized carbons (Fsp3) is 0.133. The molecule has 12 rings (SSSR count). The first-order valence-electron chi connectivity index (χ1n) is 21.4. The van der Waals surface area contributed by atoms with Crippen molar-refractivity contribution in [1.29, 1.82) is 0 Å². The molecule has 29 heteroatoms. The molecule has 1 unspecified atom stereocenters. The Bertz CT molecular complexity index is 3700. The fourth-order valence-electron chi connectivity index (χ4n) is 7.50. The Morgan fingerprint density at radius 2 is 1.19 bits per heavy atom. The summed E-state index contributed by atoms with van der Waals surface area (Å²) in [5.74, 6) is 1.59. The van der Waals surface area contributed by atoms with Crippen LogP contribution in [0.1, 0.15) is 21.3 Å². The Morgan fingerprint density at radius 3 is 1.66 bits per heavy atom. The van der Waals surface area contributed by atoms with Crippen molar-refractivity contribution in [3.8, 4) is 45.8 Å². The Kier molecular flexibility index (Phi) is 15.2. The average molecular weight is 1110 g/mol. The van der Waals surface area contributed by atoms with Crippen LogP contribution in [0.2, 0.25) is 0 Å². The van der Waals surface area contributed by atoms with E-state index in [-0.39, 0.29) is 52.9 Å². The number of benzene rings is 3. The molecule has 25 nitrogen and oxygen atoms in total. The first kappa shape index (κ1) is 52.6. The Morgan fingerprint density at radius 1 is 0.689 bits per heavy atom. The molecule has 1 fully saturated rings. The molecule has 1 atom stereocenters. The van der Waals surface area contributed by atoms with Crippen molar-refractivity contribution in [3.05, 3.63) is 103 Å². The van der Waals surface area contributed by atoms with Gasteiger partial charge in [0.05, 0.1) is 52.0 Å². The minimum atomic E-state index is -4.52. The summed E-state index contributed by atoms with van der Waals surface area (Å²) < 4.78 is 61.5. The second-order valence-electron chi connectivity index (χ2n) is 15.2. The standard InChI is InChI=1S/C30H14N10.C12H15N7O8S3.C2H6.CH4.Cu/c1-3-9-17-15(7-1)23-33-25(17)37-29-22-20(12-6-14-32-22)28(40-29)36-24-16-8-2-4-10-18(16)26(34-24)38-30-21-19(11-5-13-31-21)27(35-23)39-30;1-29(21,22)18-9-5-19(9)12-16-10(13)15-11(17-12)14-7-4-6(30(23,24)25)2-3-8(7)28-27-26-20;1-2;;/h1-14H;2-4,9,18,20H,5H2,1H3,(H,23,24,25)(H3,13,14,15,16,17);1-2H3;1H4;/q-2;;;;+2. The fourth-order valence-corrected chi connectivity index (χ4v) is 9.13. The van der Waals surface area contributed by atoms with Gasteiger partial charge in [0.25, 0.3) is 10.1 Å². The maximum Gasteiger partial charge on any atom is 2.00 e. The molecule has 6 aromatic heterocycles. The molecule has 9 aromatic rings. The molecule has 381 valence electrons. The zero-order valence-corrected chi connectivity index (χ0v) is 41.2. The van der Waals surface area contributed by atoms with Gasteiger partial charge in [-0.15, -0.1) is 4.33 Å². The van der Waals surface area contributed by atoms with E-state index in [1.165, 1.54) is 11.0 Å². The number of pyridine rings is 2. The maximum atomic E-state index is 11.4. The molecule has 3 aliphatic heterocycles. The van der Waals surface area contributed by atoms with Crippen LogP contribution in [0.3, 0.4) is 0 Å². The first-order chi connectivity index (χ1) is 34.8. The van der Waals surface area contributed by atoms with Crippen LogP contribution in [0.15, 0.2) is 113 Å². The number of nitrogens with zero attached hydrogens (tertiary/aromatic N) is 14. The number of sulfonamides is 1. The van der Waals surface area contributed by atoms with Gasteiger partial charge in [-0.3, -0.25) is 14.5 Å². The number of hydrogen-bond acceptors (Lipinski definition) is 22. The van der Waals surface area contributed by atoms with Gasteiger partial charge in [0.1, 0.15) is 29.2 Å². The van der Waals surface area contributed by atoms with Gasteiger partial charge in [0, 0.05) is 46.1 Å². The molecule has 8 bridgehead atoms. The Labute approximate surface area is 435 Å². The second-order valence-corrected chi connectivity index (χ2v) is 19.2. The summed E-state index contributed by atoms with van der Waals surface area (Å²) in [4.78, 5) is 61.1. The predicted molar refractivity (Wildman–Crippen MR) is 271 cm³/mol. The van der Waals surface area contributed by atoms with Crippen molar-refractivity contribution in [1.82, 2.24) is 69.5 Å². The van der Waals surface area contributed by atoms with E-state index in [9.17, 15) is 21.4 Å². The van der Waals surface area contributed by atoms with Crippen LogP contribution >= 0.6 is 12.0 Å². The molecule has 0 amide bonds. The minimum Gasteiger partial charge on any atom is -0.368 e. The zero-order chi connectivity index (χ0) is 50.3. The number of fused-ring (bicyclic) bond motifs is 20. The van der Waals surface area contributed by atoms with E-state index in [1.54, 1.807) is 12.4 Å². The van der Waals surface area contributed by atoms with Crippen LogP contribution in [0, 0.1) is 0 Å². The summed E-state index contributed by atoms with van der Waals surface area (Å²) >= 11 is 0.519. The van der Waals surface area contributed by atoms with Crippen LogP contribution in [-0.4, -0.2) is 100 Å². The van der Waals surface area contributed by atoms with Crippen LogP contribution < -0.4 is 30.6 Å². The smallest absolute Gasteiger partial charge is 0.368 e. The summed E-state index contributed by atoms with van der Waals surface area (Å²) in [5.41, 5.74) is 10.6. The van der Waals surface area contributed by atoms with Gasteiger partial charge >= 0.3 is 17.1 Å². The van der Waals surface area contributed by atoms with Crippen molar-refractivity contribution in [2.45, 2.75) is 37.2 Å². The molecule has 9 heterocycles. The van der Waals surface area contributed by atoms with Gasteiger partial charge in [0.2, 0.25) is 27.9 Å². The molecule has 1 radical (unpaired) electrons. The van der Waals surface area contributed by atoms with Gasteiger partial charge < -0.3 is 45.9 Å². The number of nitrogen functional groups attached to an aromatic ring is 1. The number of hydrogen-bond donors (Lipinski definition) is 5. The molecule has 1 saturated heterocycles. The third-order valence-corrected chi connectivity index (χ3v) is 12.8. The zero-order valence-electron chi connectivity index (χ0n) is 37.8. The summed E-state index contributed by atoms with van der Waals surface area (Å²) in [6, 6.07) is 26.7. The van der Waals surface area contributed by atoms with E-state index in [0.717, 1.165) is 51.1 Å². The molecule has 3 aliphatic rings. The van der Waals surface area contributed by atoms with Crippen LogP contribution in [0.5, 0.6) is 0 Å². The number of nitrogens with one attached hydrogen (secondary N) is 2. The summed E-state index contributed by atoms with van der Waals surface area (Å²) in [5, 5.41) is 18.0. The normalized spacial score (nSPS) is 13.3. The third-order valence-electron chi connectivity index (χ3n) is 10.5. The summed E-state index contributed by atoms with van der Waals surface area (Å²) in [6.45, 7) is 4.30. The van der Waals surface area contributed by atoms with Crippen molar-refractivity contribution < 1.29 is 53.1 Å². The molecular weight excluding hydrogens is 1070 g/mol. The van der Waals surface area contributed by atoms with E-state index in [0.29, 0.717) is 75.9 Å². The monoisotopic (exact) mass is 1100 g/mol. The van der Waals surface area contributed by atoms with Crippen molar-refractivity contribution in [2.24, 2.45) is 0 Å². The topological polar surface area (TPSA) is 350 Å². The Balaban J connectivity index is 0.000000194. The van der Waals surface area contributed by atoms with Crippen molar-refractivity contribution in [2.75, 3.05) is 28.8 Å².